The van der Waals surface area contributed by atoms with Crippen LogP contribution in [0.1, 0.15) is 26.7 Å². The third-order valence-electron chi connectivity index (χ3n) is 3.40. The van der Waals surface area contributed by atoms with Crippen LogP contribution in [-0.2, 0) is 10.0 Å². The van der Waals surface area contributed by atoms with Gasteiger partial charge in [-0.15, -0.1) is 0 Å². The SMILES string of the molecule is CCC(CC)C(N)CNS(=O)(=O)c1c(F)cc(F)cc1F. The lowest BCUT2D eigenvalue weighted by Gasteiger charge is -2.21. The van der Waals surface area contributed by atoms with Gasteiger partial charge in [0.1, 0.15) is 17.5 Å². The van der Waals surface area contributed by atoms with Crippen LogP contribution >= 0.6 is 0 Å². The molecule has 1 aromatic rings. The topological polar surface area (TPSA) is 72.2 Å². The maximum Gasteiger partial charge on any atom is 0.246 e. The van der Waals surface area contributed by atoms with E-state index in [1.165, 1.54) is 0 Å². The average Bonchev–Trinajstić information content (AvgIpc) is 2.36. The molecule has 0 aromatic heterocycles. The van der Waals surface area contributed by atoms with Crippen molar-refractivity contribution < 1.29 is 21.6 Å². The first kappa shape index (κ1) is 17.9. The summed E-state index contributed by atoms with van der Waals surface area (Å²) in [5.74, 6) is -4.04. The van der Waals surface area contributed by atoms with Gasteiger partial charge >= 0.3 is 0 Å². The van der Waals surface area contributed by atoms with E-state index in [0.717, 1.165) is 12.8 Å². The Morgan fingerprint density at radius 3 is 2.05 bits per heavy atom. The molecule has 0 saturated heterocycles. The highest BCUT2D eigenvalue weighted by atomic mass is 32.2. The predicted octanol–water partition coefficient (Wildman–Crippen LogP) is 2.15. The second-order valence-corrected chi connectivity index (χ2v) is 6.49. The van der Waals surface area contributed by atoms with Gasteiger partial charge in [0, 0.05) is 24.7 Å². The Morgan fingerprint density at radius 1 is 1.14 bits per heavy atom. The second-order valence-electron chi connectivity index (χ2n) is 4.79. The Balaban J connectivity index is 2.93. The molecule has 8 heteroatoms. The molecule has 120 valence electrons. The molecule has 0 aliphatic rings. The number of rotatable bonds is 7. The lowest BCUT2D eigenvalue weighted by atomic mass is 9.95. The summed E-state index contributed by atoms with van der Waals surface area (Å²) in [5, 5.41) is 0. The van der Waals surface area contributed by atoms with Gasteiger partial charge in [-0.3, -0.25) is 0 Å². The average molecular weight is 324 g/mol. The number of hydrogen-bond donors (Lipinski definition) is 2. The van der Waals surface area contributed by atoms with Crippen molar-refractivity contribution in [3.63, 3.8) is 0 Å². The second kappa shape index (κ2) is 7.24. The van der Waals surface area contributed by atoms with E-state index in [-0.39, 0.29) is 12.5 Å². The van der Waals surface area contributed by atoms with Crippen molar-refractivity contribution >= 4 is 10.0 Å². The van der Waals surface area contributed by atoms with Gasteiger partial charge in [0.25, 0.3) is 0 Å². The number of nitrogens with one attached hydrogen (secondary N) is 1. The van der Waals surface area contributed by atoms with E-state index >= 15 is 0 Å². The van der Waals surface area contributed by atoms with Crippen LogP contribution in [0.25, 0.3) is 0 Å². The van der Waals surface area contributed by atoms with Gasteiger partial charge in [-0.25, -0.2) is 26.3 Å². The smallest absolute Gasteiger partial charge is 0.246 e. The zero-order valence-electron chi connectivity index (χ0n) is 11.9. The molecule has 0 saturated carbocycles. The van der Waals surface area contributed by atoms with Gasteiger partial charge in [-0.2, -0.15) is 0 Å². The van der Waals surface area contributed by atoms with Gasteiger partial charge < -0.3 is 5.73 Å². The van der Waals surface area contributed by atoms with E-state index in [1.807, 2.05) is 13.8 Å². The van der Waals surface area contributed by atoms with Crippen LogP contribution in [0.5, 0.6) is 0 Å². The minimum atomic E-state index is -4.43. The molecule has 21 heavy (non-hydrogen) atoms. The lowest BCUT2D eigenvalue weighted by Crippen LogP contribution is -2.42. The number of hydrogen-bond acceptors (Lipinski definition) is 3. The standard InChI is InChI=1S/C13H19F3N2O2S/c1-3-8(4-2)12(17)7-18-21(19,20)13-10(15)5-9(14)6-11(13)16/h5-6,8,12,18H,3-4,7,17H2,1-2H3. The Bertz CT molecular complexity index is 566. The highest BCUT2D eigenvalue weighted by Crippen LogP contribution is 2.20. The van der Waals surface area contributed by atoms with Crippen molar-refractivity contribution in [2.75, 3.05) is 6.54 Å². The van der Waals surface area contributed by atoms with Gasteiger partial charge in [-0.05, 0) is 5.92 Å². The summed E-state index contributed by atoms with van der Waals surface area (Å²) < 4.78 is 65.7. The van der Waals surface area contributed by atoms with E-state index in [1.54, 1.807) is 0 Å². The van der Waals surface area contributed by atoms with Crippen molar-refractivity contribution in [2.45, 2.75) is 37.6 Å². The Kier molecular flexibility index (Phi) is 6.18. The van der Waals surface area contributed by atoms with E-state index in [2.05, 4.69) is 4.72 Å². The minimum absolute atomic E-state index is 0.0932. The molecule has 0 heterocycles. The maximum absolute atomic E-state index is 13.5. The highest BCUT2D eigenvalue weighted by molar-refractivity contribution is 7.89. The van der Waals surface area contributed by atoms with Crippen LogP contribution in [0.15, 0.2) is 17.0 Å². The number of benzene rings is 1. The zero-order valence-corrected chi connectivity index (χ0v) is 12.7. The summed E-state index contributed by atoms with van der Waals surface area (Å²) in [7, 11) is -4.43. The van der Waals surface area contributed by atoms with E-state index in [4.69, 9.17) is 5.73 Å². The summed E-state index contributed by atoms with van der Waals surface area (Å²) in [6, 6.07) is 0.165. The number of sulfonamides is 1. The molecule has 1 unspecified atom stereocenters. The summed E-state index contributed by atoms with van der Waals surface area (Å²) in [4.78, 5) is -1.19. The molecule has 0 aliphatic carbocycles. The van der Waals surface area contributed by atoms with Gasteiger partial charge in [-0.1, -0.05) is 26.7 Å². The fourth-order valence-corrected chi connectivity index (χ4v) is 3.31. The molecule has 0 bridgehead atoms. The molecule has 4 nitrogen and oxygen atoms in total. The van der Waals surface area contributed by atoms with Crippen LogP contribution in [-0.4, -0.2) is 21.0 Å². The highest BCUT2D eigenvalue weighted by Gasteiger charge is 2.26. The predicted molar refractivity (Wildman–Crippen MR) is 73.6 cm³/mol. The van der Waals surface area contributed by atoms with Crippen molar-refractivity contribution in [1.29, 1.82) is 0 Å². The third kappa shape index (κ3) is 4.42. The van der Waals surface area contributed by atoms with Crippen molar-refractivity contribution in [3.05, 3.63) is 29.6 Å². The van der Waals surface area contributed by atoms with E-state index in [9.17, 15) is 21.6 Å². The van der Waals surface area contributed by atoms with Gasteiger partial charge in [0.2, 0.25) is 10.0 Å². The zero-order chi connectivity index (χ0) is 16.2. The van der Waals surface area contributed by atoms with Gasteiger partial charge in [0.15, 0.2) is 4.90 Å². The number of halogens is 3. The fraction of sp³-hybridized carbons (Fsp3) is 0.538. The van der Waals surface area contributed by atoms with Crippen LogP contribution < -0.4 is 10.5 Å². The normalized spacial score (nSPS) is 13.7. The molecule has 3 N–H and O–H groups in total. The Labute approximate surface area is 122 Å². The largest absolute Gasteiger partial charge is 0.326 e. The molecule has 0 fully saturated rings. The molecule has 0 spiro atoms. The monoisotopic (exact) mass is 324 g/mol. The first-order valence-corrected chi connectivity index (χ1v) is 8.11. The Morgan fingerprint density at radius 2 is 1.62 bits per heavy atom. The summed E-state index contributed by atoms with van der Waals surface area (Å²) in [6.45, 7) is 3.69. The van der Waals surface area contributed by atoms with E-state index in [0.29, 0.717) is 12.1 Å². The van der Waals surface area contributed by atoms with Crippen molar-refractivity contribution in [2.24, 2.45) is 11.7 Å². The Hall–Kier alpha value is -1.12. The van der Waals surface area contributed by atoms with Crippen molar-refractivity contribution in [1.82, 2.24) is 4.72 Å². The summed E-state index contributed by atoms with van der Waals surface area (Å²) in [5.41, 5.74) is 5.85. The van der Waals surface area contributed by atoms with Crippen LogP contribution in [0.2, 0.25) is 0 Å². The molecule has 0 amide bonds. The summed E-state index contributed by atoms with van der Waals surface area (Å²) in [6.07, 6.45) is 1.53. The molecule has 1 atom stereocenters. The molecule has 1 rings (SSSR count). The van der Waals surface area contributed by atoms with E-state index < -0.39 is 38.4 Å². The third-order valence-corrected chi connectivity index (χ3v) is 4.87. The molecular formula is C13H19F3N2O2S. The molecule has 0 aliphatic heterocycles. The van der Waals surface area contributed by atoms with Crippen LogP contribution in [0.4, 0.5) is 13.2 Å². The lowest BCUT2D eigenvalue weighted by molar-refractivity contribution is 0.392. The molecule has 1 aromatic carbocycles. The molecule has 0 radical (unpaired) electrons. The first-order valence-electron chi connectivity index (χ1n) is 6.62. The number of nitrogens with two attached hydrogens (primary N) is 1. The summed E-state index contributed by atoms with van der Waals surface area (Å²) >= 11 is 0. The quantitative estimate of drug-likeness (QED) is 0.807. The van der Waals surface area contributed by atoms with Crippen molar-refractivity contribution in [3.8, 4) is 0 Å². The minimum Gasteiger partial charge on any atom is -0.326 e. The molecular weight excluding hydrogens is 305 g/mol. The fourth-order valence-electron chi connectivity index (χ4n) is 2.12. The maximum atomic E-state index is 13.5. The van der Waals surface area contributed by atoms with Gasteiger partial charge in [0.05, 0.1) is 0 Å². The van der Waals surface area contributed by atoms with Crippen LogP contribution in [0.3, 0.4) is 0 Å². The van der Waals surface area contributed by atoms with Crippen LogP contribution in [0, 0.1) is 23.4 Å². The first-order chi connectivity index (χ1) is 9.72.